The Balaban J connectivity index is 2.38. The third-order valence-electron chi connectivity index (χ3n) is 2.96. The van der Waals surface area contributed by atoms with Gasteiger partial charge in [0.05, 0.1) is 0 Å². The molecule has 1 heterocycles. The van der Waals surface area contributed by atoms with Crippen molar-refractivity contribution in [1.82, 2.24) is 0 Å². The Kier molecular flexibility index (Phi) is 4.79. The fourth-order valence-corrected chi connectivity index (χ4v) is 3.10. The molecule has 19 heavy (non-hydrogen) atoms. The van der Waals surface area contributed by atoms with Gasteiger partial charge in [0.1, 0.15) is 10.3 Å². The minimum absolute atomic E-state index is 0.150. The van der Waals surface area contributed by atoms with Gasteiger partial charge in [-0.15, -0.1) is 11.6 Å². The molecule has 0 amide bonds. The summed E-state index contributed by atoms with van der Waals surface area (Å²) in [6.45, 7) is 3.77. The highest BCUT2D eigenvalue weighted by Crippen LogP contribution is 2.42. The lowest BCUT2D eigenvalue weighted by atomic mass is 10.1. The fraction of sp³-hybridized carbons (Fsp3) is 0.417. The Hall–Kier alpha value is 0.520. The molecule has 3 unspecified atom stereocenters. The maximum atomic E-state index is 6.13. The number of aliphatic imine (C=N–C) groups is 1. The van der Waals surface area contributed by atoms with Crippen molar-refractivity contribution in [2.75, 3.05) is 0 Å². The zero-order valence-corrected chi connectivity index (χ0v) is 15.5. The minimum Gasteiger partial charge on any atom is -0.454 e. The Morgan fingerprint density at radius 2 is 1.89 bits per heavy atom. The van der Waals surface area contributed by atoms with Crippen LogP contribution in [0.3, 0.4) is 0 Å². The molecule has 7 heteroatoms. The van der Waals surface area contributed by atoms with Crippen LogP contribution in [-0.2, 0) is 4.74 Å². The van der Waals surface area contributed by atoms with Crippen molar-refractivity contribution in [1.29, 1.82) is 0 Å². The van der Waals surface area contributed by atoms with Crippen molar-refractivity contribution in [2.24, 2.45) is 4.99 Å². The highest BCUT2D eigenvalue weighted by atomic mass is 79.9. The van der Waals surface area contributed by atoms with Crippen LogP contribution in [0.2, 0.25) is 10.0 Å². The SMILES string of the molecule is Cc1c(Cl)cc(C2=NC(C)C(Br)(C(Cl)Br)O2)cc1Cl. The van der Waals surface area contributed by atoms with Crippen LogP contribution in [0, 0.1) is 6.92 Å². The van der Waals surface area contributed by atoms with E-state index in [0.29, 0.717) is 15.9 Å². The molecule has 0 spiro atoms. The second-order valence-electron chi connectivity index (χ2n) is 4.28. The predicted octanol–water partition coefficient (Wildman–Crippen LogP) is 5.52. The maximum Gasteiger partial charge on any atom is 0.218 e. The summed E-state index contributed by atoms with van der Waals surface area (Å²) in [7, 11) is 0. The molecule has 1 aromatic carbocycles. The van der Waals surface area contributed by atoms with Gasteiger partial charge in [0.25, 0.3) is 0 Å². The molecule has 0 fully saturated rings. The van der Waals surface area contributed by atoms with E-state index in [-0.39, 0.29) is 6.04 Å². The van der Waals surface area contributed by atoms with Gasteiger partial charge in [-0.2, -0.15) is 0 Å². The molecule has 104 valence electrons. The Labute approximate surface area is 143 Å². The Morgan fingerprint density at radius 1 is 1.37 bits per heavy atom. The van der Waals surface area contributed by atoms with Crippen molar-refractivity contribution in [2.45, 2.75) is 28.7 Å². The summed E-state index contributed by atoms with van der Waals surface area (Å²) >= 11 is 25.1. The van der Waals surface area contributed by atoms with Gasteiger partial charge in [-0.25, -0.2) is 4.99 Å². The Morgan fingerprint density at radius 3 is 2.32 bits per heavy atom. The quantitative estimate of drug-likeness (QED) is 0.544. The molecule has 3 atom stereocenters. The standard InChI is InChI=1S/C12H10Br2Cl3NO/c1-5-8(15)3-7(4-9(5)16)10-18-6(2)12(14,19-10)11(13)17/h3-4,6,11H,1-2H3. The third kappa shape index (κ3) is 2.93. The van der Waals surface area contributed by atoms with Crippen LogP contribution >= 0.6 is 66.7 Å². The molecule has 0 saturated heterocycles. The number of hydrogen-bond acceptors (Lipinski definition) is 2. The van der Waals surface area contributed by atoms with Crippen molar-refractivity contribution >= 4 is 72.6 Å². The first kappa shape index (κ1) is 15.9. The first-order valence-corrected chi connectivity index (χ1v) is 8.35. The number of rotatable bonds is 2. The van der Waals surface area contributed by atoms with Gasteiger partial charge in [-0.3, -0.25) is 0 Å². The molecule has 1 aliphatic rings. The highest BCUT2D eigenvalue weighted by molar-refractivity contribution is 9.13. The first-order chi connectivity index (χ1) is 8.75. The summed E-state index contributed by atoms with van der Waals surface area (Å²) in [5.74, 6) is 0.471. The number of ether oxygens (including phenoxy) is 1. The monoisotopic (exact) mass is 447 g/mol. The highest BCUT2D eigenvalue weighted by Gasteiger charge is 2.47. The van der Waals surface area contributed by atoms with Gasteiger partial charge in [-0.1, -0.05) is 39.1 Å². The van der Waals surface area contributed by atoms with Crippen LogP contribution in [0.1, 0.15) is 18.1 Å². The van der Waals surface area contributed by atoms with E-state index in [2.05, 4.69) is 36.9 Å². The van der Waals surface area contributed by atoms with Crippen LogP contribution in [0.15, 0.2) is 17.1 Å². The minimum atomic E-state index is -0.784. The summed E-state index contributed by atoms with van der Waals surface area (Å²) in [6, 6.07) is 3.41. The number of nitrogens with zero attached hydrogens (tertiary/aromatic N) is 1. The zero-order valence-electron chi connectivity index (χ0n) is 10.1. The maximum absolute atomic E-state index is 6.13. The molecular formula is C12H10Br2Cl3NO. The van der Waals surface area contributed by atoms with Crippen LogP contribution in [0.25, 0.3) is 0 Å². The first-order valence-electron chi connectivity index (χ1n) is 5.45. The summed E-state index contributed by atoms with van der Waals surface area (Å²) < 4.78 is 4.62. The number of benzene rings is 1. The van der Waals surface area contributed by atoms with Gasteiger partial charge in [0.15, 0.2) is 0 Å². The molecule has 2 rings (SSSR count). The third-order valence-corrected chi connectivity index (χ3v) is 6.91. The molecule has 0 aromatic heterocycles. The van der Waals surface area contributed by atoms with Gasteiger partial charge in [-0.05, 0) is 47.5 Å². The molecule has 0 radical (unpaired) electrons. The van der Waals surface area contributed by atoms with Gasteiger partial charge < -0.3 is 4.74 Å². The van der Waals surface area contributed by atoms with Gasteiger partial charge in [0.2, 0.25) is 10.4 Å². The van der Waals surface area contributed by atoms with Crippen LogP contribution in [0.5, 0.6) is 0 Å². The van der Waals surface area contributed by atoms with Gasteiger partial charge in [0, 0.05) is 15.6 Å². The number of alkyl halides is 3. The van der Waals surface area contributed by atoms with Crippen LogP contribution < -0.4 is 0 Å². The lowest BCUT2D eigenvalue weighted by Crippen LogP contribution is -2.38. The largest absolute Gasteiger partial charge is 0.454 e. The average Bonchev–Trinajstić information content (AvgIpc) is 2.63. The molecule has 0 saturated carbocycles. The smallest absolute Gasteiger partial charge is 0.218 e. The lowest BCUT2D eigenvalue weighted by Gasteiger charge is -2.26. The van der Waals surface area contributed by atoms with E-state index in [9.17, 15) is 0 Å². The molecule has 0 aliphatic carbocycles. The van der Waals surface area contributed by atoms with E-state index < -0.39 is 8.80 Å². The average molecular weight is 450 g/mol. The summed E-state index contributed by atoms with van der Waals surface area (Å²) in [6.07, 6.45) is 0. The van der Waals surface area contributed by atoms with Gasteiger partial charge >= 0.3 is 0 Å². The van der Waals surface area contributed by atoms with Crippen molar-refractivity contribution in [3.63, 3.8) is 0 Å². The van der Waals surface area contributed by atoms with Crippen LogP contribution in [-0.4, -0.2) is 20.7 Å². The Bertz CT molecular complexity index is 527. The van der Waals surface area contributed by atoms with Crippen molar-refractivity contribution < 1.29 is 4.74 Å². The fourth-order valence-electron chi connectivity index (χ4n) is 1.65. The number of halogens is 5. The van der Waals surface area contributed by atoms with E-state index >= 15 is 0 Å². The zero-order chi connectivity index (χ0) is 14.4. The lowest BCUT2D eigenvalue weighted by molar-refractivity contribution is 0.186. The van der Waals surface area contributed by atoms with E-state index in [1.807, 2.05) is 13.8 Å². The molecule has 0 N–H and O–H groups in total. The number of hydrogen-bond donors (Lipinski definition) is 0. The summed E-state index contributed by atoms with van der Waals surface area (Å²) in [4.78, 5) is 4.46. The van der Waals surface area contributed by atoms with E-state index in [0.717, 1.165) is 11.1 Å². The second-order valence-corrected chi connectivity index (χ2v) is 8.21. The van der Waals surface area contributed by atoms with Crippen LogP contribution in [0.4, 0.5) is 0 Å². The molecule has 0 bridgehead atoms. The second kappa shape index (κ2) is 5.72. The molecule has 2 nitrogen and oxygen atoms in total. The van der Waals surface area contributed by atoms with E-state index in [4.69, 9.17) is 39.5 Å². The normalized spacial score (nSPS) is 27.9. The summed E-state index contributed by atoms with van der Waals surface area (Å²) in [5.41, 5.74) is 1.57. The topological polar surface area (TPSA) is 21.6 Å². The molecule has 1 aliphatic heterocycles. The van der Waals surface area contributed by atoms with E-state index in [1.54, 1.807) is 12.1 Å². The summed E-state index contributed by atoms with van der Waals surface area (Å²) in [5, 5.41) is 1.16. The van der Waals surface area contributed by atoms with Crippen molar-refractivity contribution in [3.05, 3.63) is 33.3 Å². The van der Waals surface area contributed by atoms with E-state index in [1.165, 1.54) is 0 Å². The predicted molar refractivity (Wildman–Crippen MR) is 88.5 cm³/mol. The molecule has 1 aromatic rings. The molecular weight excluding hydrogens is 440 g/mol. The van der Waals surface area contributed by atoms with Crippen molar-refractivity contribution in [3.8, 4) is 0 Å².